The SMILES string of the molecule is CCCC(C)(O)CNC(C)c1ccc(OC(C)C)cc1. The van der Waals surface area contributed by atoms with Crippen LogP contribution in [0.3, 0.4) is 0 Å². The van der Waals surface area contributed by atoms with Crippen molar-refractivity contribution in [2.45, 2.75) is 65.2 Å². The summed E-state index contributed by atoms with van der Waals surface area (Å²) in [5.41, 5.74) is 0.567. The Morgan fingerprint density at radius 2 is 1.80 bits per heavy atom. The minimum Gasteiger partial charge on any atom is -0.491 e. The van der Waals surface area contributed by atoms with E-state index in [4.69, 9.17) is 4.74 Å². The summed E-state index contributed by atoms with van der Waals surface area (Å²) >= 11 is 0. The van der Waals surface area contributed by atoms with Gasteiger partial charge in [0, 0.05) is 12.6 Å². The molecule has 0 radical (unpaired) electrons. The van der Waals surface area contributed by atoms with Gasteiger partial charge in [-0.05, 0) is 51.8 Å². The topological polar surface area (TPSA) is 41.5 Å². The van der Waals surface area contributed by atoms with Gasteiger partial charge in [-0.2, -0.15) is 0 Å². The standard InChI is InChI=1S/C17H29NO2/c1-6-11-17(5,19)12-18-14(4)15-7-9-16(10-8-15)20-13(2)3/h7-10,13-14,18-19H,6,11-12H2,1-5H3. The van der Waals surface area contributed by atoms with Crippen LogP contribution in [0.5, 0.6) is 5.75 Å². The van der Waals surface area contributed by atoms with Crippen molar-refractivity contribution >= 4 is 0 Å². The third-order valence-electron chi connectivity index (χ3n) is 3.33. The molecule has 0 bridgehead atoms. The summed E-state index contributed by atoms with van der Waals surface area (Å²) < 4.78 is 5.63. The Labute approximate surface area is 123 Å². The van der Waals surface area contributed by atoms with Crippen LogP contribution in [0.15, 0.2) is 24.3 Å². The lowest BCUT2D eigenvalue weighted by atomic mass is 9.99. The molecule has 20 heavy (non-hydrogen) atoms. The van der Waals surface area contributed by atoms with Crippen LogP contribution in [0.1, 0.15) is 59.1 Å². The molecule has 1 aromatic carbocycles. The zero-order chi connectivity index (χ0) is 15.2. The monoisotopic (exact) mass is 279 g/mol. The minimum absolute atomic E-state index is 0.195. The molecule has 0 amide bonds. The van der Waals surface area contributed by atoms with Crippen LogP contribution in [0.2, 0.25) is 0 Å². The molecule has 0 heterocycles. The molecule has 0 fully saturated rings. The van der Waals surface area contributed by atoms with Crippen LogP contribution in [0.25, 0.3) is 0 Å². The van der Waals surface area contributed by atoms with Gasteiger partial charge in [-0.1, -0.05) is 25.5 Å². The van der Waals surface area contributed by atoms with Crippen molar-refractivity contribution in [1.82, 2.24) is 5.32 Å². The Hall–Kier alpha value is -1.06. The molecule has 2 atom stereocenters. The van der Waals surface area contributed by atoms with E-state index in [0.29, 0.717) is 6.54 Å². The number of ether oxygens (including phenoxy) is 1. The molecule has 2 unspecified atom stereocenters. The van der Waals surface area contributed by atoms with Crippen molar-refractivity contribution in [2.24, 2.45) is 0 Å². The molecule has 0 aliphatic carbocycles. The van der Waals surface area contributed by atoms with Crippen LogP contribution in [0, 0.1) is 0 Å². The van der Waals surface area contributed by atoms with E-state index < -0.39 is 5.60 Å². The summed E-state index contributed by atoms with van der Waals surface area (Å²) in [6.07, 6.45) is 2.00. The van der Waals surface area contributed by atoms with Gasteiger partial charge < -0.3 is 15.2 Å². The number of nitrogens with one attached hydrogen (secondary N) is 1. The Balaban J connectivity index is 2.53. The summed E-state index contributed by atoms with van der Waals surface area (Å²) in [6, 6.07) is 8.36. The van der Waals surface area contributed by atoms with Gasteiger partial charge in [0.2, 0.25) is 0 Å². The van der Waals surface area contributed by atoms with E-state index in [2.05, 4.69) is 31.3 Å². The summed E-state index contributed by atoms with van der Waals surface area (Å²) in [7, 11) is 0. The molecule has 0 aliphatic heterocycles. The van der Waals surface area contributed by atoms with Gasteiger partial charge in [0.1, 0.15) is 5.75 Å². The first-order valence-corrected chi connectivity index (χ1v) is 7.56. The normalized spacial score (nSPS) is 15.9. The zero-order valence-corrected chi connectivity index (χ0v) is 13.4. The van der Waals surface area contributed by atoms with E-state index in [1.807, 2.05) is 32.9 Å². The number of benzene rings is 1. The minimum atomic E-state index is -0.635. The van der Waals surface area contributed by atoms with Crippen molar-refractivity contribution in [3.63, 3.8) is 0 Å². The van der Waals surface area contributed by atoms with Crippen molar-refractivity contribution in [3.05, 3.63) is 29.8 Å². The predicted octanol–water partition coefficient (Wildman–Crippen LogP) is 3.68. The highest BCUT2D eigenvalue weighted by Gasteiger charge is 2.19. The summed E-state index contributed by atoms with van der Waals surface area (Å²) in [6.45, 7) is 10.7. The van der Waals surface area contributed by atoms with Crippen LogP contribution >= 0.6 is 0 Å². The fourth-order valence-electron chi connectivity index (χ4n) is 2.23. The third-order valence-corrected chi connectivity index (χ3v) is 3.33. The van der Waals surface area contributed by atoms with Crippen LogP contribution in [0.4, 0.5) is 0 Å². The number of rotatable bonds is 8. The molecular formula is C17H29NO2. The first-order chi connectivity index (χ1) is 9.34. The molecule has 3 nitrogen and oxygen atoms in total. The van der Waals surface area contributed by atoms with Crippen LogP contribution < -0.4 is 10.1 Å². The molecule has 114 valence electrons. The Morgan fingerprint density at radius 3 is 2.30 bits per heavy atom. The Bertz CT molecular complexity index is 384. The van der Waals surface area contributed by atoms with Gasteiger partial charge in [0.15, 0.2) is 0 Å². The third kappa shape index (κ3) is 5.93. The fourth-order valence-corrected chi connectivity index (χ4v) is 2.23. The first kappa shape index (κ1) is 17.0. The molecule has 3 heteroatoms. The highest BCUT2D eigenvalue weighted by molar-refractivity contribution is 5.29. The lowest BCUT2D eigenvalue weighted by molar-refractivity contribution is 0.0476. The summed E-state index contributed by atoms with van der Waals surface area (Å²) in [5, 5.41) is 13.6. The maximum atomic E-state index is 10.2. The number of hydrogen-bond acceptors (Lipinski definition) is 3. The summed E-state index contributed by atoms with van der Waals surface area (Å²) in [4.78, 5) is 0. The quantitative estimate of drug-likeness (QED) is 0.763. The largest absolute Gasteiger partial charge is 0.491 e. The lowest BCUT2D eigenvalue weighted by Gasteiger charge is -2.26. The first-order valence-electron chi connectivity index (χ1n) is 7.56. The van der Waals surface area contributed by atoms with Gasteiger partial charge in [0.25, 0.3) is 0 Å². The van der Waals surface area contributed by atoms with Crippen molar-refractivity contribution in [2.75, 3.05) is 6.54 Å². The second-order valence-corrected chi connectivity index (χ2v) is 6.09. The smallest absolute Gasteiger partial charge is 0.119 e. The summed E-state index contributed by atoms with van der Waals surface area (Å²) in [5.74, 6) is 0.897. The Kier molecular flexibility index (Phi) is 6.50. The molecular weight excluding hydrogens is 250 g/mol. The number of aliphatic hydroxyl groups is 1. The van der Waals surface area contributed by atoms with E-state index in [1.165, 1.54) is 5.56 Å². The van der Waals surface area contributed by atoms with Crippen LogP contribution in [-0.4, -0.2) is 23.4 Å². The van der Waals surface area contributed by atoms with Gasteiger partial charge in [-0.3, -0.25) is 0 Å². The highest BCUT2D eigenvalue weighted by atomic mass is 16.5. The van der Waals surface area contributed by atoms with E-state index in [-0.39, 0.29) is 12.1 Å². The molecule has 2 N–H and O–H groups in total. The molecule has 0 aliphatic rings. The fraction of sp³-hybridized carbons (Fsp3) is 0.647. The lowest BCUT2D eigenvalue weighted by Crippen LogP contribution is -2.38. The average molecular weight is 279 g/mol. The highest BCUT2D eigenvalue weighted by Crippen LogP contribution is 2.19. The average Bonchev–Trinajstić information content (AvgIpc) is 2.36. The Morgan fingerprint density at radius 1 is 1.20 bits per heavy atom. The van der Waals surface area contributed by atoms with Crippen LogP contribution in [-0.2, 0) is 0 Å². The maximum Gasteiger partial charge on any atom is 0.119 e. The second-order valence-electron chi connectivity index (χ2n) is 6.09. The van der Waals surface area contributed by atoms with Crippen molar-refractivity contribution < 1.29 is 9.84 Å². The van der Waals surface area contributed by atoms with E-state index in [0.717, 1.165) is 18.6 Å². The molecule has 0 saturated heterocycles. The van der Waals surface area contributed by atoms with Gasteiger partial charge in [-0.25, -0.2) is 0 Å². The van der Waals surface area contributed by atoms with Crippen molar-refractivity contribution in [3.8, 4) is 5.75 Å². The number of hydrogen-bond donors (Lipinski definition) is 2. The van der Waals surface area contributed by atoms with Crippen molar-refractivity contribution in [1.29, 1.82) is 0 Å². The molecule has 0 spiro atoms. The van der Waals surface area contributed by atoms with Gasteiger partial charge in [0.05, 0.1) is 11.7 Å². The molecule has 1 rings (SSSR count). The van der Waals surface area contributed by atoms with E-state index >= 15 is 0 Å². The molecule has 1 aromatic rings. The van der Waals surface area contributed by atoms with E-state index in [1.54, 1.807) is 0 Å². The van der Waals surface area contributed by atoms with Gasteiger partial charge in [-0.15, -0.1) is 0 Å². The maximum absolute atomic E-state index is 10.2. The zero-order valence-electron chi connectivity index (χ0n) is 13.4. The van der Waals surface area contributed by atoms with Gasteiger partial charge >= 0.3 is 0 Å². The molecule has 0 saturated carbocycles. The predicted molar refractivity (Wildman–Crippen MR) is 84.2 cm³/mol. The molecule has 0 aromatic heterocycles. The van der Waals surface area contributed by atoms with E-state index in [9.17, 15) is 5.11 Å². The second kappa shape index (κ2) is 7.65.